The second-order valence-electron chi connectivity index (χ2n) is 8.41. The molecule has 0 fully saturated rings. The van der Waals surface area contributed by atoms with Gasteiger partial charge in [0.25, 0.3) is 0 Å². The summed E-state index contributed by atoms with van der Waals surface area (Å²) < 4.78 is 0. The molecule has 2 amide bonds. The minimum absolute atomic E-state index is 0.0130. The molecule has 0 saturated carbocycles. The molecular weight excluding hydrogens is 348 g/mol. The van der Waals surface area contributed by atoms with Gasteiger partial charge in [-0.3, -0.25) is 9.59 Å². The van der Waals surface area contributed by atoms with E-state index in [1.807, 2.05) is 82.3 Å². The van der Waals surface area contributed by atoms with E-state index >= 15 is 0 Å². The number of nitrogens with zero attached hydrogens (tertiary/aromatic N) is 1. The first-order chi connectivity index (χ1) is 13.2. The van der Waals surface area contributed by atoms with Crippen molar-refractivity contribution in [1.29, 1.82) is 0 Å². The zero-order chi connectivity index (χ0) is 20.7. The van der Waals surface area contributed by atoms with Crippen LogP contribution in [0, 0.1) is 6.92 Å². The van der Waals surface area contributed by atoms with Gasteiger partial charge in [0, 0.05) is 18.5 Å². The summed E-state index contributed by atoms with van der Waals surface area (Å²) in [5.41, 5.74) is 2.98. The molecule has 0 radical (unpaired) electrons. The molecule has 0 unspecified atom stereocenters. The van der Waals surface area contributed by atoms with E-state index in [0.717, 1.165) is 11.1 Å². The number of rotatable bonds is 7. The van der Waals surface area contributed by atoms with Crippen molar-refractivity contribution in [3.63, 3.8) is 0 Å². The maximum Gasteiger partial charge on any atom is 0.242 e. The maximum atomic E-state index is 13.0. The molecule has 28 heavy (non-hydrogen) atoms. The number of nitrogens with one attached hydrogen (secondary N) is 1. The van der Waals surface area contributed by atoms with Crippen LogP contribution in [-0.2, 0) is 22.6 Å². The van der Waals surface area contributed by atoms with Gasteiger partial charge in [-0.1, -0.05) is 60.2 Å². The monoisotopic (exact) mass is 380 g/mol. The summed E-state index contributed by atoms with van der Waals surface area (Å²) in [4.78, 5) is 27.5. The van der Waals surface area contributed by atoms with Crippen LogP contribution >= 0.6 is 0 Å². The standard InChI is InChI=1S/C24H32N2O2/c1-18-11-13-21(14-12-18)17-26(19(2)23(28)25-24(3,4)5)22(27)16-15-20-9-7-6-8-10-20/h6-14,19H,15-17H2,1-5H3,(H,25,28)/t19-/m1/s1. The molecule has 1 N–H and O–H groups in total. The highest BCUT2D eigenvalue weighted by atomic mass is 16.2. The third kappa shape index (κ3) is 6.84. The Balaban J connectivity index is 2.15. The van der Waals surface area contributed by atoms with Crippen LogP contribution < -0.4 is 5.32 Å². The number of hydrogen-bond donors (Lipinski definition) is 1. The molecule has 4 nitrogen and oxygen atoms in total. The molecule has 0 aliphatic rings. The largest absolute Gasteiger partial charge is 0.350 e. The molecule has 0 bridgehead atoms. The Hall–Kier alpha value is -2.62. The van der Waals surface area contributed by atoms with Gasteiger partial charge in [-0.2, -0.15) is 0 Å². The second-order valence-corrected chi connectivity index (χ2v) is 8.41. The maximum absolute atomic E-state index is 13.0. The predicted molar refractivity (Wildman–Crippen MR) is 114 cm³/mol. The Kier molecular flexibility index (Phi) is 7.38. The summed E-state index contributed by atoms with van der Waals surface area (Å²) in [6, 6.07) is 17.5. The van der Waals surface area contributed by atoms with Crippen molar-refractivity contribution in [1.82, 2.24) is 10.2 Å². The van der Waals surface area contributed by atoms with Crippen molar-refractivity contribution < 1.29 is 9.59 Å². The van der Waals surface area contributed by atoms with Crippen LogP contribution in [0.1, 0.15) is 50.8 Å². The van der Waals surface area contributed by atoms with Gasteiger partial charge in [0.2, 0.25) is 11.8 Å². The molecule has 4 heteroatoms. The lowest BCUT2D eigenvalue weighted by atomic mass is 10.1. The first kappa shape index (κ1) is 21.7. The van der Waals surface area contributed by atoms with Crippen LogP contribution in [0.25, 0.3) is 0 Å². The van der Waals surface area contributed by atoms with Crippen LogP contribution in [0.5, 0.6) is 0 Å². The third-order valence-corrected chi connectivity index (χ3v) is 4.61. The van der Waals surface area contributed by atoms with Crippen molar-refractivity contribution in [3.05, 3.63) is 71.3 Å². The van der Waals surface area contributed by atoms with Gasteiger partial charge in [-0.25, -0.2) is 0 Å². The van der Waals surface area contributed by atoms with Crippen molar-refractivity contribution in [2.75, 3.05) is 0 Å². The zero-order valence-electron chi connectivity index (χ0n) is 17.7. The highest BCUT2D eigenvalue weighted by Crippen LogP contribution is 2.14. The normalized spacial score (nSPS) is 12.3. The summed E-state index contributed by atoms with van der Waals surface area (Å²) in [7, 11) is 0. The van der Waals surface area contributed by atoms with E-state index in [4.69, 9.17) is 0 Å². The molecule has 0 saturated heterocycles. The summed E-state index contributed by atoms with van der Waals surface area (Å²) in [5, 5.41) is 2.99. The van der Waals surface area contributed by atoms with Gasteiger partial charge in [0.05, 0.1) is 0 Å². The molecular formula is C24H32N2O2. The molecule has 2 aromatic rings. The summed E-state index contributed by atoms with van der Waals surface area (Å²) in [6.45, 7) is 10.1. The van der Waals surface area contributed by atoms with Crippen LogP contribution in [0.4, 0.5) is 0 Å². The Morgan fingerprint density at radius 2 is 1.57 bits per heavy atom. The van der Waals surface area contributed by atoms with E-state index in [0.29, 0.717) is 19.4 Å². The fraction of sp³-hybridized carbons (Fsp3) is 0.417. The second kappa shape index (κ2) is 9.54. The fourth-order valence-corrected chi connectivity index (χ4v) is 2.99. The SMILES string of the molecule is Cc1ccc(CN(C(=O)CCc2ccccc2)[C@H](C)C(=O)NC(C)(C)C)cc1. The van der Waals surface area contributed by atoms with Crippen molar-refractivity contribution >= 4 is 11.8 Å². The highest BCUT2D eigenvalue weighted by molar-refractivity contribution is 5.87. The molecule has 1 atom stereocenters. The summed E-state index contributed by atoms with van der Waals surface area (Å²) in [5.74, 6) is -0.145. The molecule has 0 heterocycles. The van der Waals surface area contributed by atoms with Gasteiger partial charge in [0.1, 0.15) is 6.04 Å². The summed E-state index contributed by atoms with van der Waals surface area (Å²) in [6.07, 6.45) is 1.04. The quantitative estimate of drug-likeness (QED) is 0.780. The number of benzene rings is 2. The first-order valence-electron chi connectivity index (χ1n) is 9.87. The van der Waals surface area contributed by atoms with E-state index in [1.54, 1.807) is 11.8 Å². The van der Waals surface area contributed by atoms with Crippen molar-refractivity contribution in [2.24, 2.45) is 0 Å². The molecule has 0 aliphatic carbocycles. The smallest absolute Gasteiger partial charge is 0.242 e. The van der Waals surface area contributed by atoms with Crippen LogP contribution in [0.15, 0.2) is 54.6 Å². The average Bonchev–Trinajstić information content (AvgIpc) is 2.64. The lowest BCUT2D eigenvalue weighted by Crippen LogP contribution is -2.52. The third-order valence-electron chi connectivity index (χ3n) is 4.61. The molecule has 0 aromatic heterocycles. The minimum Gasteiger partial charge on any atom is -0.350 e. The minimum atomic E-state index is -0.538. The van der Waals surface area contributed by atoms with E-state index < -0.39 is 6.04 Å². The Morgan fingerprint density at radius 3 is 2.14 bits per heavy atom. The van der Waals surface area contributed by atoms with Crippen LogP contribution in [-0.4, -0.2) is 28.3 Å². The zero-order valence-corrected chi connectivity index (χ0v) is 17.7. The molecule has 0 spiro atoms. The number of amides is 2. The first-order valence-corrected chi connectivity index (χ1v) is 9.87. The topological polar surface area (TPSA) is 49.4 Å². The lowest BCUT2D eigenvalue weighted by Gasteiger charge is -2.31. The number of carbonyl (C=O) groups excluding carboxylic acids is 2. The summed E-state index contributed by atoms with van der Waals surface area (Å²) >= 11 is 0. The number of aryl methyl sites for hydroxylation is 2. The van der Waals surface area contributed by atoms with Gasteiger partial charge in [-0.15, -0.1) is 0 Å². The van der Waals surface area contributed by atoms with Crippen LogP contribution in [0.3, 0.4) is 0 Å². The van der Waals surface area contributed by atoms with Gasteiger partial charge >= 0.3 is 0 Å². The highest BCUT2D eigenvalue weighted by Gasteiger charge is 2.28. The molecule has 150 valence electrons. The van der Waals surface area contributed by atoms with E-state index in [1.165, 1.54) is 5.56 Å². The fourth-order valence-electron chi connectivity index (χ4n) is 2.99. The molecule has 0 aliphatic heterocycles. The number of carbonyl (C=O) groups is 2. The molecule has 2 aromatic carbocycles. The molecule has 2 rings (SSSR count). The average molecular weight is 381 g/mol. The van der Waals surface area contributed by atoms with E-state index in [2.05, 4.69) is 5.32 Å². The van der Waals surface area contributed by atoms with Gasteiger partial charge in [0.15, 0.2) is 0 Å². The number of hydrogen-bond acceptors (Lipinski definition) is 2. The van der Waals surface area contributed by atoms with Crippen molar-refractivity contribution in [2.45, 2.75) is 65.6 Å². The predicted octanol–water partition coefficient (Wildman–Crippen LogP) is 4.26. The van der Waals surface area contributed by atoms with E-state index in [-0.39, 0.29) is 17.4 Å². The van der Waals surface area contributed by atoms with Gasteiger partial charge < -0.3 is 10.2 Å². The Labute approximate surface area is 169 Å². The van der Waals surface area contributed by atoms with Crippen molar-refractivity contribution in [3.8, 4) is 0 Å². The van der Waals surface area contributed by atoms with Crippen LogP contribution in [0.2, 0.25) is 0 Å². The Bertz CT molecular complexity index is 777. The van der Waals surface area contributed by atoms with E-state index in [9.17, 15) is 9.59 Å². The van der Waals surface area contributed by atoms with Gasteiger partial charge in [-0.05, 0) is 52.2 Å². The lowest BCUT2D eigenvalue weighted by molar-refractivity contribution is -0.141. The Morgan fingerprint density at radius 1 is 0.964 bits per heavy atom.